The van der Waals surface area contributed by atoms with Crippen LogP contribution >= 0.6 is 0 Å². The van der Waals surface area contributed by atoms with Crippen LogP contribution in [0.25, 0.3) is 0 Å². The predicted molar refractivity (Wildman–Crippen MR) is 49.6 cm³/mol. The molecule has 75 valence electrons. The number of ether oxygens (including phenoxy) is 1. The largest absolute Gasteiger partial charge is 0.463 e. The number of primary amides is 1. The highest BCUT2D eigenvalue weighted by Gasteiger charge is 2.01. The number of rotatable bonds is 4. The van der Waals surface area contributed by atoms with Gasteiger partial charge in [-0.15, -0.1) is 0 Å². The molecule has 0 bridgehead atoms. The number of amides is 1. The van der Waals surface area contributed by atoms with E-state index in [1.54, 1.807) is 13.8 Å². The first-order valence-corrected chi connectivity index (χ1v) is 4.23. The summed E-state index contributed by atoms with van der Waals surface area (Å²) in [5.41, 5.74) is 6.38. The normalized spacial score (nSPS) is 9.86. The number of nitrogens with two attached hydrogens (primary N) is 1. The van der Waals surface area contributed by atoms with E-state index < -0.39 is 5.91 Å². The molecule has 0 unspecified atom stereocenters. The zero-order valence-electron chi connectivity index (χ0n) is 8.20. The monoisotopic (exact) mass is 194 g/mol. The van der Waals surface area contributed by atoms with Gasteiger partial charge in [0.05, 0.1) is 17.8 Å². The van der Waals surface area contributed by atoms with Gasteiger partial charge in [-0.1, -0.05) is 0 Å². The fourth-order valence-corrected chi connectivity index (χ4v) is 0.937. The van der Waals surface area contributed by atoms with Gasteiger partial charge in [-0.3, -0.25) is 4.79 Å². The molecule has 0 aromatic carbocycles. The SMILES string of the molecule is Cc1[c]c(C)nc(OCCC(N)=O)n1. The lowest BCUT2D eigenvalue weighted by atomic mass is 10.4. The summed E-state index contributed by atoms with van der Waals surface area (Å²) in [5.74, 6) is -0.402. The van der Waals surface area contributed by atoms with E-state index in [0.717, 1.165) is 0 Å². The zero-order valence-corrected chi connectivity index (χ0v) is 8.20. The fraction of sp³-hybridized carbons (Fsp3) is 0.444. The fourth-order valence-electron chi connectivity index (χ4n) is 0.937. The van der Waals surface area contributed by atoms with Crippen molar-refractivity contribution in [2.24, 2.45) is 5.73 Å². The van der Waals surface area contributed by atoms with Crippen LogP contribution in [0.5, 0.6) is 6.01 Å². The molecule has 1 rings (SSSR count). The van der Waals surface area contributed by atoms with Crippen molar-refractivity contribution < 1.29 is 9.53 Å². The maximum atomic E-state index is 10.4. The topological polar surface area (TPSA) is 78.1 Å². The van der Waals surface area contributed by atoms with Gasteiger partial charge in [-0.05, 0) is 13.8 Å². The summed E-state index contributed by atoms with van der Waals surface area (Å²) in [5, 5.41) is 0. The smallest absolute Gasteiger partial charge is 0.316 e. The van der Waals surface area contributed by atoms with Crippen LogP contribution in [0.3, 0.4) is 0 Å². The Kier molecular flexibility index (Phi) is 3.39. The highest BCUT2D eigenvalue weighted by Crippen LogP contribution is 2.05. The van der Waals surface area contributed by atoms with Gasteiger partial charge in [0.25, 0.3) is 0 Å². The maximum absolute atomic E-state index is 10.4. The van der Waals surface area contributed by atoms with Crippen molar-refractivity contribution in [1.29, 1.82) is 0 Å². The van der Waals surface area contributed by atoms with Gasteiger partial charge in [0.2, 0.25) is 5.91 Å². The average molecular weight is 194 g/mol. The van der Waals surface area contributed by atoms with E-state index in [1.807, 2.05) is 0 Å². The van der Waals surface area contributed by atoms with Gasteiger partial charge in [-0.2, -0.15) is 9.97 Å². The molecule has 0 fully saturated rings. The maximum Gasteiger partial charge on any atom is 0.316 e. The second-order valence-electron chi connectivity index (χ2n) is 2.87. The molecular formula is C9H12N3O2. The molecule has 0 atom stereocenters. The van der Waals surface area contributed by atoms with Crippen molar-refractivity contribution >= 4 is 5.91 Å². The molecule has 1 heterocycles. The Morgan fingerprint density at radius 3 is 2.50 bits per heavy atom. The van der Waals surface area contributed by atoms with Crippen LogP contribution in [-0.4, -0.2) is 22.5 Å². The lowest BCUT2D eigenvalue weighted by Gasteiger charge is -2.03. The molecule has 2 N–H and O–H groups in total. The molecular weight excluding hydrogens is 182 g/mol. The van der Waals surface area contributed by atoms with Gasteiger partial charge >= 0.3 is 6.01 Å². The quantitative estimate of drug-likeness (QED) is 0.739. The molecule has 0 aliphatic heterocycles. The molecule has 0 aliphatic rings. The number of aryl methyl sites for hydroxylation is 2. The third-order valence-corrected chi connectivity index (χ3v) is 1.47. The molecule has 1 aromatic heterocycles. The van der Waals surface area contributed by atoms with Gasteiger partial charge in [-0.25, -0.2) is 0 Å². The summed E-state index contributed by atoms with van der Waals surface area (Å²) in [7, 11) is 0. The summed E-state index contributed by atoms with van der Waals surface area (Å²) in [6.45, 7) is 3.81. The number of nitrogens with zero attached hydrogens (tertiary/aromatic N) is 2. The Balaban J connectivity index is 2.54. The van der Waals surface area contributed by atoms with Crippen LogP contribution in [0.2, 0.25) is 0 Å². The highest BCUT2D eigenvalue weighted by atomic mass is 16.5. The number of hydrogen-bond acceptors (Lipinski definition) is 4. The van der Waals surface area contributed by atoms with E-state index in [9.17, 15) is 4.79 Å². The lowest BCUT2D eigenvalue weighted by molar-refractivity contribution is -0.118. The Labute approximate surface area is 82.3 Å². The van der Waals surface area contributed by atoms with Gasteiger partial charge in [0, 0.05) is 6.07 Å². The number of carbonyl (C=O) groups excluding carboxylic acids is 1. The van der Waals surface area contributed by atoms with Crippen LogP contribution < -0.4 is 10.5 Å². The molecule has 1 radical (unpaired) electrons. The summed E-state index contributed by atoms with van der Waals surface area (Å²) in [4.78, 5) is 18.4. The molecule has 1 aromatic rings. The second-order valence-corrected chi connectivity index (χ2v) is 2.87. The summed E-state index contributed by atoms with van der Waals surface area (Å²) < 4.78 is 5.14. The summed E-state index contributed by atoms with van der Waals surface area (Å²) in [6, 6.07) is 3.18. The molecule has 0 saturated heterocycles. The van der Waals surface area contributed by atoms with E-state index >= 15 is 0 Å². The predicted octanol–water partition coefficient (Wildman–Crippen LogP) is 0.148. The number of aromatic nitrogens is 2. The van der Waals surface area contributed by atoms with Crippen LogP contribution in [0.4, 0.5) is 0 Å². The Hall–Kier alpha value is -1.65. The third kappa shape index (κ3) is 3.38. The van der Waals surface area contributed by atoms with Crippen molar-refractivity contribution in [2.75, 3.05) is 6.61 Å². The van der Waals surface area contributed by atoms with Gasteiger partial charge in [0.1, 0.15) is 6.61 Å². The number of hydrogen-bond donors (Lipinski definition) is 1. The first-order valence-electron chi connectivity index (χ1n) is 4.23. The van der Waals surface area contributed by atoms with Gasteiger partial charge < -0.3 is 10.5 Å². The average Bonchev–Trinajstić information content (AvgIpc) is 2.01. The van der Waals surface area contributed by atoms with Crippen LogP contribution in [-0.2, 0) is 4.79 Å². The molecule has 5 heteroatoms. The summed E-state index contributed by atoms with van der Waals surface area (Å²) in [6.07, 6.45) is 0.167. The van der Waals surface area contributed by atoms with Crippen LogP contribution in [0.1, 0.15) is 17.8 Å². The van der Waals surface area contributed by atoms with Gasteiger partial charge in [0.15, 0.2) is 0 Å². The first kappa shape index (κ1) is 10.4. The van der Waals surface area contributed by atoms with Crippen molar-refractivity contribution in [3.63, 3.8) is 0 Å². The van der Waals surface area contributed by atoms with E-state index in [4.69, 9.17) is 10.5 Å². The minimum Gasteiger partial charge on any atom is -0.463 e. The van der Waals surface area contributed by atoms with E-state index in [1.165, 1.54) is 0 Å². The minimum atomic E-state index is -0.402. The molecule has 0 spiro atoms. The van der Waals surface area contributed by atoms with E-state index in [0.29, 0.717) is 11.4 Å². The van der Waals surface area contributed by atoms with Crippen molar-refractivity contribution in [1.82, 2.24) is 9.97 Å². The third-order valence-electron chi connectivity index (χ3n) is 1.47. The number of carbonyl (C=O) groups is 1. The van der Waals surface area contributed by atoms with Crippen molar-refractivity contribution in [3.05, 3.63) is 17.5 Å². The molecule has 5 nitrogen and oxygen atoms in total. The zero-order chi connectivity index (χ0) is 10.6. The first-order chi connectivity index (χ1) is 6.58. The Morgan fingerprint density at radius 1 is 1.43 bits per heavy atom. The lowest BCUT2D eigenvalue weighted by Crippen LogP contribution is -2.15. The molecule has 0 saturated carbocycles. The molecule has 0 aliphatic carbocycles. The standard InChI is InChI=1S/C9H12N3O2/c1-6-5-7(2)12-9(11-6)14-4-3-8(10)13/h3-4H2,1-2H3,(H2,10,13). The molecule has 1 amide bonds. The van der Waals surface area contributed by atoms with Crippen molar-refractivity contribution in [2.45, 2.75) is 20.3 Å². The summed E-state index contributed by atoms with van der Waals surface area (Å²) >= 11 is 0. The van der Waals surface area contributed by atoms with E-state index in [-0.39, 0.29) is 19.0 Å². The van der Waals surface area contributed by atoms with Crippen LogP contribution in [0, 0.1) is 19.9 Å². The van der Waals surface area contributed by atoms with Crippen LogP contribution in [0.15, 0.2) is 0 Å². The second kappa shape index (κ2) is 4.55. The Morgan fingerprint density at radius 2 is 2.00 bits per heavy atom. The van der Waals surface area contributed by atoms with E-state index in [2.05, 4.69) is 16.0 Å². The minimum absolute atomic E-state index is 0.167. The highest BCUT2D eigenvalue weighted by molar-refractivity contribution is 5.73. The van der Waals surface area contributed by atoms with Crippen molar-refractivity contribution in [3.8, 4) is 6.01 Å². The molecule has 14 heavy (non-hydrogen) atoms. The Bertz CT molecular complexity index is 319.